The molecule has 198 valence electrons. The number of nitrogens with zero attached hydrogens (tertiary/aromatic N) is 1. The summed E-state index contributed by atoms with van der Waals surface area (Å²) in [7, 11) is 0. The highest BCUT2D eigenvalue weighted by Crippen LogP contribution is 2.56. The largest absolute Gasteiger partial charge is 0.508 e. The van der Waals surface area contributed by atoms with Crippen molar-refractivity contribution in [3.8, 4) is 5.75 Å². The molecule has 5 rings (SSSR count). The Kier molecular flexibility index (Phi) is 7.84. The molecule has 1 amide bonds. The number of aryl methyl sites for hydroxylation is 1. The van der Waals surface area contributed by atoms with E-state index in [0.717, 1.165) is 38.0 Å². The van der Waals surface area contributed by atoms with Crippen LogP contribution >= 0.6 is 0 Å². The Morgan fingerprint density at radius 1 is 1.11 bits per heavy atom. The smallest absolute Gasteiger partial charge is 0.306 e. The molecule has 0 aromatic heterocycles. The summed E-state index contributed by atoms with van der Waals surface area (Å²) in [6, 6.07) is 14.8. The maximum Gasteiger partial charge on any atom is 0.306 e. The Hall–Kier alpha value is -2.86. The van der Waals surface area contributed by atoms with Gasteiger partial charge in [0.1, 0.15) is 5.75 Å². The number of phenolic OH excluding ortho intramolecular Hbond substituents is 1. The first-order valence-corrected chi connectivity index (χ1v) is 14.1. The fraction of sp³-hybridized carbons (Fsp3) is 0.548. The fourth-order valence-corrected chi connectivity index (χ4v) is 7.26. The van der Waals surface area contributed by atoms with Gasteiger partial charge in [0, 0.05) is 23.6 Å². The van der Waals surface area contributed by atoms with Crippen molar-refractivity contribution in [2.24, 2.45) is 5.92 Å². The Balaban J connectivity index is 1.14. The second-order valence-corrected chi connectivity index (χ2v) is 11.1. The van der Waals surface area contributed by atoms with Crippen molar-refractivity contribution >= 4 is 17.6 Å². The third kappa shape index (κ3) is 5.54. The number of amides is 1. The molecular weight excluding hydrogens is 464 g/mol. The Morgan fingerprint density at radius 3 is 2.76 bits per heavy atom. The minimum Gasteiger partial charge on any atom is -0.508 e. The standard InChI is InChI=1S/C31H40N2O4/c1-2-37-30(36)15-14-29(35)32-24-11-8-22(9-12-24)6-5-18-33-19-17-31-16-4-3-7-26(31)28(33)20-23-10-13-25(34)21-27(23)31/h8-13,21,26,28,34H,2-7,14-20H2,1H3,(H,32,35)/t26-,28+,31+/m0/s1. The molecule has 2 aliphatic carbocycles. The molecule has 1 aliphatic heterocycles. The Morgan fingerprint density at radius 2 is 1.95 bits per heavy atom. The van der Waals surface area contributed by atoms with Crippen LogP contribution in [0.1, 0.15) is 75.0 Å². The zero-order valence-electron chi connectivity index (χ0n) is 22.0. The van der Waals surface area contributed by atoms with Gasteiger partial charge in [0.05, 0.1) is 13.0 Å². The van der Waals surface area contributed by atoms with Gasteiger partial charge in [0.25, 0.3) is 0 Å². The average molecular weight is 505 g/mol. The predicted molar refractivity (Wildman–Crippen MR) is 145 cm³/mol. The van der Waals surface area contributed by atoms with E-state index in [-0.39, 0.29) is 30.1 Å². The number of carbonyl (C=O) groups is 2. The summed E-state index contributed by atoms with van der Waals surface area (Å²) < 4.78 is 4.88. The highest BCUT2D eigenvalue weighted by Gasteiger charge is 2.53. The molecule has 0 radical (unpaired) electrons. The first kappa shape index (κ1) is 25.8. The summed E-state index contributed by atoms with van der Waals surface area (Å²) in [6.07, 6.45) is 9.88. The third-order valence-corrected chi connectivity index (χ3v) is 8.95. The van der Waals surface area contributed by atoms with Crippen LogP contribution in [0.25, 0.3) is 0 Å². The van der Waals surface area contributed by atoms with Crippen LogP contribution in [0.2, 0.25) is 0 Å². The van der Waals surface area contributed by atoms with Gasteiger partial charge in [-0.2, -0.15) is 0 Å². The van der Waals surface area contributed by atoms with Crippen LogP contribution in [0.5, 0.6) is 5.75 Å². The van der Waals surface area contributed by atoms with Crippen LogP contribution < -0.4 is 5.32 Å². The van der Waals surface area contributed by atoms with Crippen molar-refractivity contribution < 1.29 is 19.4 Å². The molecule has 2 fully saturated rings. The number of rotatable bonds is 9. The normalized spacial score (nSPS) is 24.6. The Bertz CT molecular complexity index is 1110. The molecule has 2 aromatic rings. The zero-order chi connectivity index (χ0) is 25.8. The van der Waals surface area contributed by atoms with E-state index in [1.807, 2.05) is 18.2 Å². The molecule has 0 spiro atoms. The van der Waals surface area contributed by atoms with E-state index < -0.39 is 0 Å². The number of likely N-dealkylation sites (tertiary alicyclic amines) is 1. The highest BCUT2D eigenvalue weighted by atomic mass is 16.5. The van der Waals surface area contributed by atoms with Crippen LogP contribution in [0, 0.1) is 5.92 Å². The van der Waals surface area contributed by atoms with Crippen molar-refractivity contribution in [3.05, 3.63) is 59.2 Å². The van der Waals surface area contributed by atoms with E-state index >= 15 is 0 Å². The number of nitrogens with one attached hydrogen (secondary N) is 1. The quantitative estimate of drug-likeness (QED) is 0.449. The van der Waals surface area contributed by atoms with E-state index in [9.17, 15) is 14.7 Å². The third-order valence-electron chi connectivity index (χ3n) is 8.95. The van der Waals surface area contributed by atoms with Crippen LogP contribution in [0.15, 0.2) is 42.5 Å². The summed E-state index contributed by atoms with van der Waals surface area (Å²) in [4.78, 5) is 26.3. The van der Waals surface area contributed by atoms with Crippen LogP contribution in [0.3, 0.4) is 0 Å². The second-order valence-electron chi connectivity index (χ2n) is 11.1. The van der Waals surface area contributed by atoms with Gasteiger partial charge in [0.15, 0.2) is 0 Å². The van der Waals surface area contributed by atoms with E-state index in [4.69, 9.17) is 4.74 Å². The molecule has 3 atom stereocenters. The minimum absolute atomic E-state index is 0.102. The first-order valence-electron chi connectivity index (χ1n) is 14.1. The number of fused-ring (bicyclic) bond motifs is 1. The lowest BCUT2D eigenvalue weighted by Gasteiger charge is -2.59. The number of benzene rings is 2. The van der Waals surface area contributed by atoms with Crippen molar-refractivity contribution in [2.45, 2.75) is 82.6 Å². The molecule has 6 nitrogen and oxygen atoms in total. The van der Waals surface area contributed by atoms with E-state index in [0.29, 0.717) is 24.3 Å². The van der Waals surface area contributed by atoms with Crippen molar-refractivity contribution in [3.63, 3.8) is 0 Å². The number of aromatic hydroxyl groups is 1. The summed E-state index contributed by atoms with van der Waals surface area (Å²) in [6.45, 7) is 4.35. The average Bonchev–Trinajstić information content (AvgIpc) is 2.90. The number of esters is 1. The molecule has 1 heterocycles. The van der Waals surface area contributed by atoms with Gasteiger partial charge in [-0.1, -0.05) is 31.0 Å². The summed E-state index contributed by atoms with van der Waals surface area (Å²) in [5, 5.41) is 13.1. The number of piperidine rings is 1. The molecule has 2 N–H and O–H groups in total. The van der Waals surface area contributed by atoms with E-state index in [1.165, 1.54) is 48.8 Å². The number of hydrogen-bond donors (Lipinski definition) is 2. The molecule has 2 bridgehead atoms. The van der Waals surface area contributed by atoms with Gasteiger partial charge >= 0.3 is 5.97 Å². The molecule has 6 heteroatoms. The number of hydrogen-bond acceptors (Lipinski definition) is 5. The van der Waals surface area contributed by atoms with Gasteiger partial charge in [-0.15, -0.1) is 0 Å². The van der Waals surface area contributed by atoms with Crippen molar-refractivity contribution in [1.82, 2.24) is 4.90 Å². The molecule has 2 aromatic carbocycles. The van der Waals surface area contributed by atoms with Gasteiger partial charge in [-0.05, 0) is 105 Å². The van der Waals surface area contributed by atoms with Gasteiger partial charge in [-0.25, -0.2) is 0 Å². The highest BCUT2D eigenvalue weighted by molar-refractivity contribution is 5.92. The van der Waals surface area contributed by atoms with E-state index in [2.05, 4.69) is 34.5 Å². The molecular formula is C31H40N2O4. The number of anilines is 1. The lowest BCUT2D eigenvalue weighted by Crippen LogP contribution is -2.61. The van der Waals surface area contributed by atoms with Gasteiger partial charge in [-0.3, -0.25) is 14.5 Å². The van der Waals surface area contributed by atoms with Crippen molar-refractivity contribution in [1.29, 1.82) is 0 Å². The van der Waals surface area contributed by atoms with Crippen molar-refractivity contribution in [2.75, 3.05) is 25.0 Å². The summed E-state index contributed by atoms with van der Waals surface area (Å²) in [5.74, 6) is 0.609. The van der Waals surface area contributed by atoms with Gasteiger partial charge < -0.3 is 15.2 Å². The molecule has 3 aliphatic rings. The number of carbonyl (C=O) groups excluding carboxylic acids is 2. The lowest BCUT2D eigenvalue weighted by atomic mass is 9.52. The second kappa shape index (κ2) is 11.3. The maximum absolute atomic E-state index is 12.1. The number of phenols is 1. The molecule has 0 unspecified atom stereocenters. The SMILES string of the molecule is CCOC(=O)CCC(=O)Nc1ccc(CCCN2CC[C@]34CCCC[C@H]3[C@H]2Cc2ccc(O)cc24)cc1. The first-order chi connectivity index (χ1) is 18.0. The lowest BCUT2D eigenvalue weighted by molar-refractivity contribution is -0.144. The van der Waals surface area contributed by atoms with Gasteiger partial charge in [0.2, 0.25) is 5.91 Å². The maximum atomic E-state index is 12.1. The monoisotopic (exact) mass is 504 g/mol. The van der Waals surface area contributed by atoms with Crippen LogP contribution in [-0.4, -0.2) is 47.6 Å². The minimum atomic E-state index is -0.340. The predicted octanol–water partition coefficient (Wildman–Crippen LogP) is 5.37. The number of ether oxygens (including phenoxy) is 1. The summed E-state index contributed by atoms with van der Waals surface area (Å²) in [5.41, 5.74) is 5.20. The zero-order valence-corrected chi connectivity index (χ0v) is 22.0. The molecule has 1 saturated carbocycles. The van der Waals surface area contributed by atoms with E-state index in [1.54, 1.807) is 6.92 Å². The van der Waals surface area contributed by atoms with Crippen LogP contribution in [-0.2, 0) is 32.6 Å². The topological polar surface area (TPSA) is 78.9 Å². The molecule has 1 saturated heterocycles. The fourth-order valence-electron chi connectivity index (χ4n) is 7.26. The summed E-state index contributed by atoms with van der Waals surface area (Å²) >= 11 is 0. The molecule has 37 heavy (non-hydrogen) atoms. The van der Waals surface area contributed by atoms with Crippen LogP contribution in [0.4, 0.5) is 5.69 Å². The Labute approximate surface area is 220 Å².